The van der Waals surface area contributed by atoms with Crippen molar-refractivity contribution in [2.24, 2.45) is 0 Å². The summed E-state index contributed by atoms with van der Waals surface area (Å²) < 4.78 is 26.5. The lowest BCUT2D eigenvalue weighted by atomic mass is 10.1. The molecule has 3 rings (SSSR count). The number of hydrogen-bond donors (Lipinski definition) is 2. The molecule has 0 spiro atoms. The predicted octanol–water partition coefficient (Wildman–Crippen LogP) is 2.86. The Balaban J connectivity index is 1.70. The van der Waals surface area contributed by atoms with E-state index in [1.165, 1.54) is 5.56 Å². The monoisotopic (exact) mass is 288 g/mol. The smallest absolute Gasteiger partial charge is 0.251 e. The van der Waals surface area contributed by atoms with Gasteiger partial charge in [0.15, 0.2) is 0 Å². The van der Waals surface area contributed by atoms with Crippen LogP contribution < -0.4 is 10.6 Å². The normalized spacial score (nSPS) is 12.7. The van der Waals surface area contributed by atoms with Gasteiger partial charge in [-0.25, -0.2) is 8.78 Å². The summed E-state index contributed by atoms with van der Waals surface area (Å²) in [7, 11) is 0. The van der Waals surface area contributed by atoms with Gasteiger partial charge in [0.1, 0.15) is 11.6 Å². The van der Waals surface area contributed by atoms with Gasteiger partial charge in [-0.1, -0.05) is 6.07 Å². The van der Waals surface area contributed by atoms with Gasteiger partial charge in [0.2, 0.25) is 0 Å². The molecule has 0 saturated heterocycles. The Kier molecular flexibility index (Phi) is 3.56. The van der Waals surface area contributed by atoms with E-state index < -0.39 is 11.6 Å². The van der Waals surface area contributed by atoms with Gasteiger partial charge in [-0.15, -0.1) is 0 Å². The standard InChI is InChI=1S/C16H14F2N2O/c17-13-3-4-14(18)12(7-13)9-20-16(21)11-2-1-10-5-6-19-15(10)8-11/h1-4,7-8,19H,5-6,9H2,(H,20,21). The summed E-state index contributed by atoms with van der Waals surface area (Å²) in [6.45, 7) is 0.821. The minimum absolute atomic E-state index is 0.0487. The first kappa shape index (κ1) is 13.5. The number of rotatable bonds is 3. The molecular formula is C16H14F2N2O. The fourth-order valence-corrected chi connectivity index (χ4v) is 2.39. The van der Waals surface area contributed by atoms with Gasteiger partial charge in [0.05, 0.1) is 0 Å². The van der Waals surface area contributed by atoms with Crippen LogP contribution in [0.3, 0.4) is 0 Å². The van der Waals surface area contributed by atoms with E-state index in [9.17, 15) is 13.6 Å². The van der Waals surface area contributed by atoms with Crippen molar-refractivity contribution < 1.29 is 13.6 Å². The molecule has 0 bridgehead atoms. The molecule has 0 fully saturated rings. The number of halogens is 2. The van der Waals surface area contributed by atoms with E-state index in [0.717, 1.165) is 36.9 Å². The Morgan fingerprint density at radius 2 is 2.05 bits per heavy atom. The van der Waals surface area contributed by atoms with Gasteiger partial charge < -0.3 is 10.6 Å². The molecule has 0 saturated carbocycles. The number of carbonyl (C=O) groups is 1. The highest BCUT2D eigenvalue weighted by atomic mass is 19.1. The topological polar surface area (TPSA) is 41.1 Å². The van der Waals surface area contributed by atoms with E-state index in [0.29, 0.717) is 5.56 Å². The van der Waals surface area contributed by atoms with Crippen molar-refractivity contribution in [2.75, 3.05) is 11.9 Å². The maximum Gasteiger partial charge on any atom is 0.251 e. The quantitative estimate of drug-likeness (QED) is 0.912. The molecule has 2 aromatic carbocycles. The van der Waals surface area contributed by atoms with E-state index in [4.69, 9.17) is 0 Å². The van der Waals surface area contributed by atoms with Crippen LogP contribution in [0.4, 0.5) is 14.5 Å². The Morgan fingerprint density at radius 1 is 1.19 bits per heavy atom. The zero-order chi connectivity index (χ0) is 14.8. The van der Waals surface area contributed by atoms with Crippen LogP contribution in [0.15, 0.2) is 36.4 Å². The Hall–Kier alpha value is -2.43. The molecule has 3 nitrogen and oxygen atoms in total. The molecule has 0 aromatic heterocycles. The zero-order valence-electron chi connectivity index (χ0n) is 11.2. The minimum atomic E-state index is -0.535. The lowest BCUT2D eigenvalue weighted by molar-refractivity contribution is 0.0950. The molecule has 1 aliphatic rings. The second-order valence-corrected chi connectivity index (χ2v) is 4.97. The molecule has 0 radical (unpaired) electrons. The summed E-state index contributed by atoms with van der Waals surface area (Å²) in [6, 6.07) is 8.61. The van der Waals surface area contributed by atoms with Gasteiger partial charge in [-0.3, -0.25) is 4.79 Å². The van der Waals surface area contributed by atoms with Crippen LogP contribution in [0.1, 0.15) is 21.5 Å². The second-order valence-electron chi connectivity index (χ2n) is 4.97. The minimum Gasteiger partial charge on any atom is -0.384 e. The van der Waals surface area contributed by atoms with Crippen molar-refractivity contribution in [3.05, 3.63) is 64.7 Å². The van der Waals surface area contributed by atoms with Gasteiger partial charge in [-0.05, 0) is 42.3 Å². The highest BCUT2D eigenvalue weighted by molar-refractivity contribution is 5.95. The first-order valence-electron chi connectivity index (χ1n) is 6.72. The largest absolute Gasteiger partial charge is 0.384 e. The molecule has 2 aromatic rings. The molecule has 1 heterocycles. The third kappa shape index (κ3) is 2.86. The van der Waals surface area contributed by atoms with Gasteiger partial charge in [0, 0.05) is 29.9 Å². The summed E-state index contributed by atoms with van der Waals surface area (Å²) in [6.07, 6.45) is 0.950. The molecule has 0 aliphatic carbocycles. The number of nitrogens with one attached hydrogen (secondary N) is 2. The van der Waals surface area contributed by atoms with Crippen LogP contribution in [-0.4, -0.2) is 12.5 Å². The van der Waals surface area contributed by atoms with Crippen molar-refractivity contribution >= 4 is 11.6 Å². The van der Waals surface area contributed by atoms with Crippen LogP contribution in [0.5, 0.6) is 0 Å². The third-order valence-corrected chi connectivity index (χ3v) is 3.53. The van der Waals surface area contributed by atoms with Crippen LogP contribution >= 0.6 is 0 Å². The lowest BCUT2D eigenvalue weighted by Gasteiger charge is -2.08. The fraction of sp³-hybridized carbons (Fsp3) is 0.188. The van der Waals surface area contributed by atoms with Crippen LogP contribution in [0, 0.1) is 11.6 Å². The molecular weight excluding hydrogens is 274 g/mol. The van der Waals surface area contributed by atoms with Crippen molar-refractivity contribution in [1.29, 1.82) is 0 Å². The Labute approximate surface area is 121 Å². The summed E-state index contributed by atoms with van der Waals surface area (Å²) >= 11 is 0. The molecule has 1 amide bonds. The lowest BCUT2D eigenvalue weighted by Crippen LogP contribution is -2.23. The molecule has 0 unspecified atom stereocenters. The average Bonchev–Trinajstić information content (AvgIpc) is 2.95. The first-order chi connectivity index (χ1) is 10.1. The van der Waals surface area contributed by atoms with Crippen LogP contribution in [0.2, 0.25) is 0 Å². The zero-order valence-corrected chi connectivity index (χ0v) is 11.2. The van der Waals surface area contributed by atoms with Crippen molar-refractivity contribution in [3.8, 4) is 0 Å². The number of anilines is 1. The van der Waals surface area contributed by atoms with Crippen LogP contribution in [0.25, 0.3) is 0 Å². The molecule has 108 valence electrons. The van der Waals surface area contributed by atoms with E-state index in [1.54, 1.807) is 12.1 Å². The highest BCUT2D eigenvalue weighted by Crippen LogP contribution is 2.23. The maximum atomic E-state index is 13.5. The number of carbonyl (C=O) groups excluding carboxylic acids is 1. The summed E-state index contributed by atoms with van der Waals surface area (Å²) in [5.41, 5.74) is 2.77. The highest BCUT2D eigenvalue weighted by Gasteiger charge is 2.13. The Morgan fingerprint density at radius 3 is 2.90 bits per heavy atom. The number of benzene rings is 2. The van der Waals surface area contributed by atoms with E-state index in [2.05, 4.69) is 10.6 Å². The third-order valence-electron chi connectivity index (χ3n) is 3.53. The summed E-state index contributed by atoms with van der Waals surface area (Å²) in [5.74, 6) is -1.37. The van der Waals surface area contributed by atoms with E-state index >= 15 is 0 Å². The van der Waals surface area contributed by atoms with Crippen molar-refractivity contribution in [2.45, 2.75) is 13.0 Å². The number of fused-ring (bicyclic) bond motifs is 1. The summed E-state index contributed by atoms with van der Waals surface area (Å²) in [5, 5.41) is 5.80. The second kappa shape index (κ2) is 5.52. The Bertz CT molecular complexity index is 701. The first-order valence-corrected chi connectivity index (χ1v) is 6.72. The van der Waals surface area contributed by atoms with E-state index in [1.807, 2.05) is 6.07 Å². The van der Waals surface area contributed by atoms with Crippen LogP contribution in [-0.2, 0) is 13.0 Å². The van der Waals surface area contributed by atoms with Crippen molar-refractivity contribution in [3.63, 3.8) is 0 Å². The molecule has 1 aliphatic heterocycles. The SMILES string of the molecule is O=C(NCc1cc(F)ccc1F)c1ccc2c(c1)NCC2. The molecule has 0 atom stereocenters. The summed E-state index contributed by atoms with van der Waals surface area (Å²) in [4.78, 5) is 12.1. The molecule has 21 heavy (non-hydrogen) atoms. The molecule has 2 N–H and O–H groups in total. The number of hydrogen-bond acceptors (Lipinski definition) is 2. The predicted molar refractivity (Wildman–Crippen MR) is 76.2 cm³/mol. The fourth-order valence-electron chi connectivity index (χ4n) is 2.39. The number of amides is 1. The van der Waals surface area contributed by atoms with Gasteiger partial charge in [0.25, 0.3) is 5.91 Å². The van der Waals surface area contributed by atoms with E-state index in [-0.39, 0.29) is 18.0 Å². The van der Waals surface area contributed by atoms with Crippen molar-refractivity contribution in [1.82, 2.24) is 5.32 Å². The van der Waals surface area contributed by atoms with Gasteiger partial charge >= 0.3 is 0 Å². The maximum absolute atomic E-state index is 13.5. The average molecular weight is 288 g/mol. The van der Waals surface area contributed by atoms with Gasteiger partial charge in [-0.2, -0.15) is 0 Å². The molecule has 5 heteroatoms.